The Morgan fingerprint density at radius 3 is 2.35 bits per heavy atom. The van der Waals surface area contributed by atoms with Crippen LogP contribution in [0.3, 0.4) is 0 Å². The number of pyridine rings is 1. The quantitative estimate of drug-likeness (QED) is 0.360. The number of aromatic nitrogens is 1. The van der Waals surface area contributed by atoms with E-state index in [9.17, 15) is 0 Å². The van der Waals surface area contributed by atoms with Crippen LogP contribution in [0.1, 0.15) is 18.4 Å². The third-order valence-corrected chi connectivity index (χ3v) is 5.92. The van der Waals surface area contributed by atoms with Crippen LogP contribution >= 0.6 is 24.0 Å². The minimum absolute atomic E-state index is 0. The minimum atomic E-state index is 0. The van der Waals surface area contributed by atoms with E-state index in [4.69, 9.17) is 4.74 Å². The molecular weight excluding hydrogens is 503 g/mol. The van der Waals surface area contributed by atoms with Gasteiger partial charge in [-0.3, -0.25) is 4.99 Å². The molecule has 0 amide bonds. The number of methoxy groups -OCH3 is 1. The smallest absolute Gasteiger partial charge is 0.194 e. The molecule has 2 fully saturated rings. The van der Waals surface area contributed by atoms with Crippen molar-refractivity contribution in [2.24, 2.45) is 4.99 Å². The van der Waals surface area contributed by atoms with Crippen LogP contribution in [0.4, 0.5) is 11.5 Å². The maximum Gasteiger partial charge on any atom is 0.194 e. The Kier molecular flexibility index (Phi) is 8.62. The molecule has 4 rings (SSSR count). The van der Waals surface area contributed by atoms with Crippen LogP contribution in [0.15, 0.2) is 47.6 Å². The van der Waals surface area contributed by atoms with Gasteiger partial charge in [0.25, 0.3) is 0 Å². The highest BCUT2D eigenvalue weighted by Crippen LogP contribution is 2.21. The SMILES string of the molecule is CN=C(NCc1ccnc(N2CCCC2)c1)N1CCN(c2ccc(OC)cc2)CC1.I. The number of piperazine rings is 1. The van der Waals surface area contributed by atoms with Gasteiger partial charge in [-0.2, -0.15) is 0 Å². The third-order valence-electron chi connectivity index (χ3n) is 5.92. The lowest BCUT2D eigenvalue weighted by atomic mass is 10.2. The molecule has 168 valence electrons. The van der Waals surface area contributed by atoms with Crippen molar-refractivity contribution in [3.63, 3.8) is 0 Å². The third kappa shape index (κ3) is 5.93. The van der Waals surface area contributed by atoms with Gasteiger partial charge >= 0.3 is 0 Å². The number of guanidine groups is 1. The van der Waals surface area contributed by atoms with Crippen molar-refractivity contribution in [1.82, 2.24) is 15.2 Å². The molecule has 0 aliphatic carbocycles. The molecule has 1 aromatic heterocycles. The number of benzene rings is 1. The van der Waals surface area contributed by atoms with Gasteiger partial charge in [0.05, 0.1) is 7.11 Å². The fourth-order valence-electron chi connectivity index (χ4n) is 4.17. The van der Waals surface area contributed by atoms with Gasteiger partial charge in [0.2, 0.25) is 0 Å². The first-order valence-corrected chi connectivity index (χ1v) is 10.8. The van der Waals surface area contributed by atoms with E-state index in [0.717, 1.165) is 63.3 Å². The first-order valence-electron chi connectivity index (χ1n) is 10.8. The van der Waals surface area contributed by atoms with E-state index >= 15 is 0 Å². The molecule has 8 heteroatoms. The maximum atomic E-state index is 5.26. The number of anilines is 2. The molecule has 0 saturated carbocycles. The summed E-state index contributed by atoms with van der Waals surface area (Å²) >= 11 is 0. The normalized spacial score (nSPS) is 16.8. The van der Waals surface area contributed by atoms with Crippen LogP contribution < -0.4 is 19.9 Å². The first kappa shape index (κ1) is 23.4. The van der Waals surface area contributed by atoms with Crippen LogP contribution in [-0.4, -0.2) is 69.3 Å². The monoisotopic (exact) mass is 536 g/mol. The second kappa shape index (κ2) is 11.4. The van der Waals surface area contributed by atoms with Crippen molar-refractivity contribution < 1.29 is 4.74 Å². The molecule has 1 N–H and O–H groups in total. The summed E-state index contributed by atoms with van der Waals surface area (Å²) in [6.45, 7) is 6.83. The Labute approximate surface area is 202 Å². The molecular formula is C23H33IN6O. The van der Waals surface area contributed by atoms with Crippen LogP contribution in [0.25, 0.3) is 0 Å². The summed E-state index contributed by atoms with van der Waals surface area (Å²) in [6, 6.07) is 12.6. The fraction of sp³-hybridized carbons (Fsp3) is 0.478. The molecule has 0 bridgehead atoms. The number of aliphatic imine (C=N–C) groups is 1. The lowest BCUT2D eigenvalue weighted by molar-refractivity contribution is 0.372. The molecule has 0 atom stereocenters. The largest absolute Gasteiger partial charge is 0.497 e. The summed E-state index contributed by atoms with van der Waals surface area (Å²) < 4.78 is 5.26. The summed E-state index contributed by atoms with van der Waals surface area (Å²) in [4.78, 5) is 16.2. The van der Waals surface area contributed by atoms with Crippen molar-refractivity contribution in [1.29, 1.82) is 0 Å². The predicted molar refractivity (Wildman–Crippen MR) is 138 cm³/mol. The summed E-state index contributed by atoms with van der Waals surface area (Å²) in [6.07, 6.45) is 4.44. The number of ether oxygens (including phenoxy) is 1. The van der Waals surface area contributed by atoms with Crippen molar-refractivity contribution in [3.8, 4) is 5.75 Å². The molecule has 7 nitrogen and oxygen atoms in total. The van der Waals surface area contributed by atoms with Crippen LogP contribution in [0, 0.1) is 0 Å². The Morgan fingerprint density at radius 2 is 1.71 bits per heavy atom. The Hall–Kier alpha value is -2.23. The number of halogens is 1. The summed E-state index contributed by atoms with van der Waals surface area (Å²) in [7, 11) is 3.56. The van der Waals surface area contributed by atoms with Crippen LogP contribution in [0.5, 0.6) is 5.75 Å². The van der Waals surface area contributed by atoms with Crippen LogP contribution in [-0.2, 0) is 6.54 Å². The van der Waals surface area contributed by atoms with E-state index < -0.39 is 0 Å². The number of hydrogen-bond donors (Lipinski definition) is 1. The molecule has 3 heterocycles. The second-order valence-electron chi connectivity index (χ2n) is 7.79. The number of hydrogen-bond acceptors (Lipinski definition) is 5. The van der Waals surface area contributed by atoms with E-state index in [-0.39, 0.29) is 24.0 Å². The molecule has 2 aromatic rings. The van der Waals surface area contributed by atoms with Gasteiger partial charge in [-0.25, -0.2) is 4.98 Å². The second-order valence-corrected chi connectivity index (χ2v) is 7.79. The van der Waals surface area contributed by atoms with E-state index in [1.807, 2.05) is 25.4 Å². The topological polar surface area (TPSA) is 56.2 Å². The Morgan fingerprint density at radius 1 is 1.00 bits per heavy atom. The standard InChI is InChI=1S/C23H32N6O.HI/c1-24-23(26-18-19-9-10-25-22(17-19)28-11-3-4-12-28)29-15-13-27(14-16-29)20-5-7-21(30-2)8-6-20;/h5-10,17H,3-4,11-16,18H2,1-2H3,(H,24,26);1H. The average Bonchev–Trinajstić information content (AvgIpc) is 3.35. The molecule has 2 aliphatic heterocycles. The molecule has 31 heavy (non-hydrogen) atoms. The average molecular weight is 536 g/mol. The highest BCUT2D eigenvalue weighted by Gasteiger charge is 2.20. The summed E-state index contributed by atoms with van der Waals surface area (Å²) in [5.74, 6) is 2.95. The van der Waals surface area contributed by atoms with Crippen molar-refractivity contribution >= 4 is 41.4 Å². The lowest BCUT2D eigenvalue weighted by Gasteiger charge is -2.37. The zero-order chi connectivity index (χ0) is 20.8. The van der Waals surface area contributed by atoms with Gasteiger partial charge in [-0.05, 0) is 54.8 Å². The Bertz CT molecular complexity index is 845. The van der Waals surface area contributed by atoms with Gasteiger partial charge in [-0.1, -0.05) is 0 Å². The molecule has 2 saturated heterocycles. The minimum Gasteiger partial charge on any atom is -0.497 e. The summed E-state index contributed by atoms with van der Waals surface area (Å²) in [5, 5.41) is 3.54. The zero-order valence-electron chi connectivity index (χ0n) is 18.5. The van der Waals surface area contributed by atoms with E-state index in [0.29, 0.717) is 0 Å². The molecule has 0 radical (unpaired) electrons. The summed E-state index contributed by atoms with van der Waals surface area (Å²) in [5.41, 5.74) is 2.48. The predicted octanol–water partition coefficient (Wildman–Crippen LogP) is 3.21. The first-order chi connectivity index (χ1) is 14.8. The van der Waals surface area contributed by atoms with Gasteiger partial charge < -0.3 is 24.8 Å². The van der Waals surface area contributed by atoms with Gasteiger partial charge in [0, 0.05) is 64.7 Å². The number of nitrogens with one attached hydrogen (secondary N) is 1. The van der Waals surface area contributed by atoms with Crippen LogP contribution in [0.2, 0.25) is 0 Å². The molecule has 2 aliphatic rings. The van der Waals surface area contributed by atoms with Gasteiger partial charge in [0.1, 0.15) is 11.6 Å². The molecule has 0 unspecified atom stereocenters. The van der Waals surface area contributed by atoms with E-state index in [1.165, 1.54) is 24.1 Å². The van der Waals surface area contributed by atoms with Gasteiger partial charge in [-0.15, -0.1) is 24.0 Å². The van der Waals surface area contributed by atoms with E-state index in [2.05, 4.69) is 54.3 Å². The maximum absolute atomic E-state index is 5.26. The molecule has 1 aromatic carbocycles. The lowest BCUT2D eigenvalue weighted by Crippen LogP contribution is -2.52. The highest BCUT2D eigenvalue weighted by atomic mass is 127. The zero-order valence-corrected chi connectivity index (χ0v) is 20.8. The number of rotatable bonds is 5. The number of nitrogens with zero attached hydrogens (tertiary/aromatic N) is 5. The Balaban J connectivity index is 0.00000272. The van der Waals surface area contributed by atoms with Crippen molar-refractivity contribution in [3.05, 3.63) is 48.2 Å². The van der Waals surface area contributed by atoms with Gasteiger partial charge in [0.15, 0.2) is 5.96 Å². The van der Waals surface area contributed by atoms with Crippen molar-refractivity contribution in [2.75, 3.05) is 63.2 Å². The van der Waals surface area contributed by atoms with Crippen molar-refractivity contribution in [2.45, 2.75) is 19.4 Å². The molecule has 0 spiro atoms. The fourth-order valence-corrected chi connectivity index (χ4v) is 4.17. The highest BCUT2D eigenvalue weighted by molar-refractivity contribution is 14.0. The van der Waals surface area contributed by atoms with E-state index in [1.54, 1.807) is 7.11 Å².